The largest absolute Gasteiger partial charge is 0.504 e. The van der Waals surface area contributed by atoms with Crippen LogP contribution in [0.4, 0.5) is 5.69 Å². The van der Waals surface area contributed by atoms with E-state index in [1.165, 1.54) is 17.8 Å². The lowest BCUT2D eigenvalue weighted by atomic mass is 9.81. The molecule has 0 bridgehead atoms. The van der Waals surface area contributed by atoms with Crippen molar-refractivity contribution in [1.82, 2.24) is 5.32 Å². The molecule has 47 heavy (non-hydrogen) atoms. The Morgan fingerprint density at radius 2 is 1.70 bits per heavy atom. The molecule has 0 saturated carbocycles. The number of aromatic carboxylic acids is 1. The number of aryl methyl sites for hydroxylation is 1. The van der Waals surface area contributed by atoms with Gasteiger partial charge >= 0.3 is 5.97 Å². The lowest BCUT2D eigenvalue weighted by Crippen LogP contribution is -2.40. The Balaban J connectivity index is 1.60. The zero-order chi connectivity index (χ0) is 34.0. The average molecular weight is 641 g/mol. The van der Waals surface area contributed by atoms with Gasteiger partial charge in [0.05, 0.1) is 18.1 Å². The van der Waals surface area contributed by atoms with Gasteiger partial charge in [-0.2, -0.15) is 4.57 Å². The molecule has 5 rings (SSSR count). The summed E-state index contributed by atoms with van der Waals surface area (Å²) in [4.78, 5) is 28.4. The molecule has 1 aromatic heterocycles. The van der Waals surface area contributed by atoms with Gasteiger partial charge in [0, 0.05) is 60.1 Å². The molecule has 2 aliphatic rings. The van der Waals surface area contributed by atoms with Crippen LogP contribution in [0.25, 0.3) is 5.57 Å². The molecule has 1 aliphatic heterocycles. The van der Waals surface area contributed by atoms with Crippen molar-refractivity contribution in [1.29, 1.82) is 0 Å². The number of nitrogens with one attached hydrogen (secondary N) is 1. The van der Waals surface area contributed by atoms with Gasteiger partial charge in [-0.3, -0.25) is 4.79 Å². The van der Waals surface area contributed by atoms with Gasteiger partial charge in [-0.25, -0.2) is 9.37 Å². The summed E-state index contributed by atoms with van der Waals surface area (Å²) in [5.74, 6) is -1.58. The van der Waals surface area contributed by atoms with Gasteiger partial charge < -0.3 is 30.3 Å². The first-order chi connectivity index (χ1) is 22.5. The van der Waals surface area contributed by atoms with Gasteiger partial charge in [-0.05, 0) is 63.6 Å². The molecular weight excluding hydrogens is 596 g/mol. The maximum atomic E-state index is 13.3. The number of hydrogen-bond donors (Lipinski definition) is 4. The number of fused-ring (bicyclic) bond motifs is 2. The second-order valence-corrected chi connectivity index (χ2v) is 11.8. The van der Waals surface area contributed by atoms with Gasteiger partial charge in [0.2, 0.25) is 11.4 Å². The molecule has 4 N–H and O–H groups in total. The quantitative estimate of drug-likeness (QED) is 0.236. The zero-order valence-corrected chi connectivity index (χ0v) is 27.9. The molecule has 10 nitrogen and oxygen atoms in total. The van der Waals surface area contributed by atoms with Crippen molar-refractivity contribution in [2.75, 3.05) is 31.1 Å². The fourth-order valence-electron chi connectivity index (χ4n) is 6.52. The zero-order valence-electron chi connectivity index (χ0n) is 27.9. The van der Waals surface area contributed by atoms with Crippen LogP contribution in [-0.2, 0) is 13.6 Å². The Labute approximate surface area is 275 Å². The Bertz CT molecular complexity index is 1800. The maximum Gasteiger partial charge on any atom is 0.336 e. The molecular formula is C37H44N4O6+2. The maximum absolute atomic E-state index is 13.3. The minimum atomic E-state index is -1.16. The van der Waals surface area contributed by atoms with Gasteiger partial charge in [-0.1, -0.05) is 6.07 Å². The topological polar surface area (TPSA) is 126 Å². The molecule has 3 aromatic rings. The number of aromatic nitrogens is 1. The van der Waals surface area contributed by atoms with Crippen molar-refractivity contribution in [3.05, 3.63) is 93.8 Å². The average Bonchev–Trinajstić information content (AvgIpc) is 3.07. The standard InChI is InChI=1S/C37H42N4O6/c1-7-40(8-2)24-12-15-27-32(19-24)47-33-20-25(41(9-3)10-4)13-16-28(33)34(27)26-14-11-23(18-29(26)37(45)46)36(44)38-21-30-35(43)31(42)17-22(5)39(30)6/h11-19,33H,7-10,20-21H2,1-6H3,(H2-,38,43,44,45,46)/p+2. The number of hydrogen-bond acceptors (Lipinski definition) is 6. The number of carboxylic acid groups (broad SMARTS) is 1. The van der Waals surface area contributed by atoms with Crippen LogP contribution in [0.5, 0.6) is 17.2 Å². The number of aromatic hydroxyl groups is 2. The summed E-state index contributed by atoms with van der Waals surface area (Å²) in [7, 11) is 1.72. The van der Waals surface area contributed by atoms with E-state index < -0.39 is 11.9 Å². The van der Waals surface area contributed by atoms with Gasteiger partial charge in [0.25, 0.3) is 5.91 Å². The minimum absolute atomic E-state index is 0.00640. The number of anilines is 1. The SMILES string of the molecule is CCN(CC)c1ccc2c(c1)OC1CC(=[N+](CC)CC)C=CC1=C2c1ccc(C(=O)NCc2c(O)c(O)cc(C)[n+]2C)cc1C(=O)O. The molecule has 10 heteroatoms. The van der Waals surface area contributed by atoms with Gasteiger partial charge in [-0.15, -0.1) is 0 Å². The fourth-order valence-corrected chi connectivity index (χ4v) is 6.52. The third kappa shape index (κ3) is 6.32. The fraction of sp³-hybridized carbons (Fsp3) is 0.351. The van der Waals surface area contributed by atoms with Crippen LogP contribution in [0.1, 0.15) is 77.3 Å². The lowest BCUT2D eigenvalue weighted by molar-refractivity contribution is -0.685. The van der Waals surface area contributed by atoms with Crippen LogP contribution in [0, 0.1) is 6.92 Å². The number of carbonyl (C=O) groups is 2. The summed E-state index contributed by atoms with van der Waals surface area (Å²) in [6.45, 7) is 13.6. The molecule has 0 fully saturated rings. The molecule has 246 valence electrons. The first-order valence-electron chi connectivity index (χ1n) is 16.2. The summed E-state index contributed by atoms with van der Waals surface area (Å²) in [5.41, 5.74) is 6.32. The molecule has 2 aromatic carbocycles. The highest BCUT2D eigenvalue weighted by Gasteiger charge is 2.35. The molecule has 0 saturated heterocycles. The molecule has 1 unspecified atom stereocenters. The monoisotopic (exact) mass is 640 g/mol. The third-order valence-corrected chi connectivity index (χ3v) is 9.28. The molecule has 2 heterocycles. The highest BCUT2D eigenvalue weighted by Crippen LogP contribution is 2.45. The molecule has 1 atom stereocenters. The van der Waals surface area contributed by atoms with Crippen molar-refractivity contribution in [2.45, 2.75) is 53.7 Å². The first-order valence-corrected chi connectivity index (χ1v) is 16.2. The molecule has 1 aliphatic carbocycles. The number of carbonyl (C=O) groups excluding carboxylic acids is 1. The summed E-state index contributed by atoms with van der Waals surface area (Å²) in [5, 5.41) is 33.7. The third-order valence-electron chi connectivity index (χ3n) is 9.28. The number of ether oxygens (including phenoxy) is 1. The predicted octanol–water partition coefficient (Wildman–Crippen LogP) is 4.72. The smallest absolute Gasteiger partial charge is 0.336 e. The summed E-state index contributed by atoms with van der Waals surface area (Å²) >= 11 is 0. The predicted molar refractivity (Wildman–Crippen MR) is 181 cm³/mol. The number of carboxylic acids is 1. The van der Waals surface area contributed by atoms with E-state index in [9.17, 15) is 24.9 Å². The summed E-state index contributed by atoms with van der Waals surface area (Å²) in [6.07, 6.45) is 4.47. The van der Waals surface area contributed by atoms with Crippen LogP contribution >= 0.6 is 0 Å². The van der Waals surface area contributed by atoms with Gasteiger partial charge in [0.15, 0.2) is 17.2 Å². The highest BCUT2D eigenvalue weighted by atomic mass is 16.5. The molecule has 1 amide bonds. The summed E-state index contributed by atoms with van der Waals surface area (Å²) in [6, 6.07) is 12.2. The van der Waals surface area contributed by atoms with E-state index in [-0.39, 0.29) is 35.3 Å². The van der Waals surface area contributed by atoms with Crippen molar-refractivity contribution in [2.24, 2.45) is 7.05 Å². The van der Waals surface area contributed by atoms with Gasteiger partial charge in [0.1, 0.15) is 38.5 Å². The second kappa shape index (κ2) is 13.7. The number of nitrogens with zero attached hydrogens (tertiary/aromatic N) is 3. The van der Waals surface area contributed by atoms with Crippen molar-refractivity contribution in [3.63, 3.8) is 0 Å². The Morgan fingerprint density at radius 1 is 1.00 bits per heavy atom. The Morgan fingerprint density at radius 3 is 2.36 bits per heavy atom. The number of pyridine rings is 1. The van der Waals surface area contributed by atoms with Crippen molar-refractivity contribution >= 4 is 28.8 Å². The number of rotatable bonds is 10. The second-order valence-electron chi connectivity index (χ2n) is 11.8. The van der Waals surface area contributed by atoms with Crippen LogP contribution < -0.4 is 19.5 Å². The molecule has 0 spiro atoms. The van der Waals surface area contributed by atoms with E-state index in [0.717, 1.165) is 48.6 Å². The van der Waals surface area contributed by atoms with E-state index >= 15 is 0 Å². The van der Waals surface area contributed by atoms with Crippen LogP contribution in [0.3, 0.4) is 0 Å². The minimum Gasteiger partial charge on any atom is -0.504 e. The van der Waals surface area contributed by atoms with E-state index in [1.807, 2.05) is 24.3 Å². The van der Waals surface area contributed by atoms with E-state index in [1.54, 1.807) is 30.7 Å². The van der Waals surface area contributed by atoms with E-state index in [2.05, 4.69) is 48.6 Å². The number of allylic oxidation sites excluding steroid dienone is 1. The normalized spacial score (nSPS) is 15.1. The Hall–Kier alpha value is -5.12. The highest BCUT2D eigenvalue weighted by molar-refractivity contribution is 6.04. The van der Waals surface area contributed by atoms with E-state index in [0.29, 0.717) is 29.1 Å². The van der Waals surface area contributed by atoms with Crippen molar-refractivity contribution < 1.29 is 38.8 Å². The number of benzene rings is 2. The number of amides is 1. The molecule has 0 radical (unpaired) electrons. The Kier molecular flexibility index (Phi) is 9.69. The summed E-state index contributed by atoms with van der Waals surface area (Å²) < 4.78 is 10.6. The van der Waals surface area contributed by atoms with Crippen molar-refractivity contribution in [3.8, 4) is 17.2 Å². The van der Waals surface area contributed by atoms with Crippen LogP contribution in [-0.4, -0.2) is 69.8 Å². The lowest BCUT2D eigenvalue weighted by Gasteiger charge is -2.33. The van der Waals surface area contributed by atoms with Crippen LogP contribution in [0.15, 0.2) is 60.2 Å². The first kappa shape index (κ1) is 33.2. The van der Waals surface area contributed by atoms with Crippen LogP contribution in [0.2, 0.25) is 0 Å². The van der Waals surface area contributed by atoms with E-state index in [4.69, 9.17) is 4.74 Å².